The molecule has 33 heavy (non-hydrogen) atoms. The number of carbonyl (C=O) groups excluding carboxylic acids is 2. The number of aliphatic hydroxyl groups excluding tert-OH is 1. The van der Waals surface area contributed by atoms with Crippen molar-refractivity contribution in [2.24, 2.45) is 5.73 Å². The number of ether oxygens (including phenoxy) is 1. The van der Waals surface area contributed by atoms with Gasteiger partial charge in [0.2, 0.25) is 12.1 Å². The highest BCUT2D eigenvalue weighted by molar-refractivity contribution is 5.95. The van der Waals surface area contributed by atoms with E-state index in [1.807, 2.05) is 11.4 Å². The van der Waals surface area contributed by atoms with Gasteiger partial charge < -0.3 is 25.8 Å². The van der Waals surface area contributed by atoms with E-state index in [0.29, 0.717) is 24.4 Å². The number of morpholine rings is 1. The minimum absolute atomic E-state index is 0.0131. The molecule has 2 amide bonds. The number of aliphatic hydroxyl groups is 1. The molecule has 1 heterocycles. The number of hydrogen-bond donors (Lipinski definition) is 4. The Morgan fingerprint density at radius 2 is 1.82 bits per heavy atom. The topological polar surface area (TPSA) is 117 Å². The lowest BCUT2D eigenvalue weighted by Crippen LogP contribution is -2.50. The van der Waals surface area contributed by atoms with E-state index in [0.717, 1.165) is 0 Å². The van der Waals surface area contributed by atoms with Crippen molar-refractivity contribution in [3.63, 3.8) is 0 Å². The molecule has 0 spiro atoms. The SMILES string of the molecule is NC(NC(O)C(F)(F)F)c1ccc(NC(=O)C[C@H]2COCCN2C(=O)c2ccccc2)cc1. The molecular weight excluding hydrogens is 441 g/mol. The average molecular weight is 466 g/mol. The average Bonchev–Trinajstić information content (AvgIpc) is 2.79. The summed E-state index contributed by atoms with van der Waals surface area (Å²) in [4.78, 5) is 27.0. The first kappa shape index (κ1) is 24.6. The van der Waals surface area contributed by atoms with Crippen molar-refractivity contribution in [2.45, 2.75) is 31.0 Å². The van der Waals surface area contributed by atoms with Gasteiger partial charge in [0.15, 0.2) is 0 Å². The van der Waals surface area contributed by atoms with Crippen LogP contribution < -0.4 is 16.4 Å². The van der Waals surface area contributed by atoms with E-state index in [2.05, 4.69) is 5.32 Å². The van der Waals surface area contributed by atoms with Crippen molar-refractivity contribution < 1.29 is 32.6 Å². The monoisotopic (exact) mass is 466 g/mol. The molecule has 3 atom stereocenters. The Hall–Kier alpha value is -2.99. The molecule has 0 aromatic heterocycles. The van der Waals surface area contributed by atoms with Crippen LogP contribution in [0.15, 0.2) is 54.6 Å². The highest BCUT2D eigenvalue weighted by atomic mass is 19.4. The zero-order chi connectivity index (χ0) is 24.0. The molecule has 8 nitrogen and oxygen atoms in total. The number of carbonyl (C=O) groups is 2. The van der Waals surface area contributed by atoms with Crippen LogP contribution in [-0.2, 0) is 9.53 Å². The van der Waals surface area contributed by atoms with Crippen molar-refractivity contribution in [3.05, 3.63) is 65.7 Å². The minimum atomic E-state index is -4.84. The van der Waals surface area contributed by atoms with Gasteiger partial charge in [-0.2, -0.15) is 13.2 Å². The maximum Gasteiger partial charge on any atom is 0.428 e. The second-order valence-electron chi connectivity index (χ2n) is 7.56. The number of nitrogens with two attached hydrogens (primary N) is 1. The lowest BCUT2D eigenvalue weighted by Gasteiger charge is -2.35. The van der Waals surface area contributed by atoms with Crippen LogP contribution in [0.4, 0.5) is 18.9 Å². The van der Waals surface area contributed by atoms with E-state index in [1.54, 1.807) is 29.2 Å². The second-order valence-corrected chi connectivity index (χ2v) is 7.56. The van der Waals surface area contributed by atoms with Crippen LogP contribution in [0.3, 0.4) is 0 Å². The molecule has 0 bridgehead atoms. The Kier molecular flexibility index (Phi) is 8.03. The zero-order valence-electron chi connectivity index (χ0n) is 17.6. The standard InChI is InChI=1S/C22H25F3N4O4/c23-22(24,25)21(32)28-19(26)14-6-8-16(9-7-14)27-18(30)12-17-13-33-11-10-29(17)20(31)15-4-2-1-3-5-15/h1-9,17,19,21,28,32H,10-13,26H2,(H,27,30)/t17-,19?,21?/m0/s1. The number of halogens is 3. The summed E-state index contributed by atoms with van der Waals surface area (Å²) in [5, 5.41) is 13.6. The van der Waals surface area contributed by atoms with Crippen molar-refractivity contribution in [3.8, 4) is 0 Å². The van der Waals surface area contributed by atoms with Gasteiger partial charge in [0.1, 0.15) is 0 Å². The van der Waals surface area contributed by atoms with Gasteiger partial charge in [-0.25, -0.2) is 0 Å². The fourth-order valence-electron chi connectivity index (χ4n) is 3.40. The molecule has 11 heteroatoms. The Labute approximate surface area is 188 Å². The number of amides is 2. The molecule has 2 aromatic rings. The summed E-state index contributed by atoms with van der Waals surface area (Å²) in [6, 6.07) is 14.2. The number of nitrogens with one attached hydrogen (secondary N) is 2. The Bertz CT molecular complexity index is 941. The summed E-state index contributed by atoms with van der Waals surface area (Å²) < 4.78 is 42.8. The predicted octanol–water partition coefficient (Wildman–Crippen LogP) is 1.98. The zero-order valence-corrected chi connectivity index (χ0v) is 17.6. The van der Waals surface area contributed by atoms with Crippen LogP contribution in [0.2, 0.25) is 0 Å². The summed E-state index contributed by atoms with van der Waals surface area (Å²) >= 11 is 0. The molecular formula is C22H25F3N4O4. The third-order valence-electron chi connectivity index (χ3n) is 5.13. The lowest BCUT2D eigenvalue weighted by atomic mass is 10.1. The van der Waals surface area contributed by atoms with Crippen molar-refractivity contribution >= 4 is 17.5 Å². The van der Waals surface area contributed by atoms with E-state index in [1.165, 1.54) is 24.3 Å². The fraction of sp³-hybridized carbons (Fsp3) is 0.364. The lowest BCUT2D eigenvalue weighted by molar-refractivity contribution is -0.216. The molecule has 1 aliphatic heterocycles. The quantitative estimate of drug-likeness (QED) is 0.464. The van der Waals surface area contributed by atoms with Crippen LogP contribution >= 0.6 is 0 Å². The predicted molar refractivity (Wildman–Crippen MR) is 114 cm³/mol. The maximum atomic E-state index is 12.8. The number of benzene rings is 2. The molecule has 2 unspecified atom stereocenters. The summed E-state index contributed by atoms with van der Waals surface area (Å²) in [7, 11) is 0. The van der Waals surface area contributed by atoms with E-state index < -0.39 is 24.6 Å². The Balaban J connectivity index is 1.57. The van der Waals surface area contributed by atoms with Gasteiger partial charge in [0.05, 0.1) is 25.4 Å². The van der Waals surface area contributed by atoms with Crippen molar-refractivity contribution in [1.29, 1.82) is 0 Å². The first-order valence-electron chi connectivity index (χ1n) is 10.2. The highest BCUT2D eigenvalue weighted by Gasteiger charge is 2.39. The maximum absolute atomic E-state index is 12.8. The molecule has 1 saturated heterocycles. The summed E-state index contributed by atoms with van der Waals surface area (Å²) in [5.41, 5.74) is 6.87. The molecule has 5 N–H and O–H groups in total. The molecule has 1 fully saturated rings. The first-order valence-corrected chi connectivity index (χ1v) is 10.2. The number of alkyl halides is 3. The smallest absolute Gasteiger partial charge is 0.377 e. The summed E-state index contributed by atoms with van der Waals surface area (Å²) in [6.45, 7) is 0.984. The molecule has 3 rings (SSSR count). The normalized spacial score (nSPS) is 18.5. The van der Waals surface area contributed by atoms with E-state index in [-0.39, 0.29) is 30.4 Å². The molecule has 2 aromatic carbocycles. The van der Waals surface area contributed by atoms with Crippen LogP contribution in [0, 0.1) is 0 Å². The van der Waals surface area contributed by atoms with Gasteiger partial charge in [-0.15, -0.1) is 0 Å². The summed E-state index contributed by atoms with van der Waals surface area (Å²) in [6.07, 6.45) is -8.85. The van der Waals surface area contributed by atoms with E-state index in [9.17, 15) is 22.8 Å². The molecule has 0 aliphatic carbocycles. The Morgan fingerprint density at radius 1 is 1.15 bits per heavy atom. The molecule has 0 radical (unpaired) electrons. The van der Waals surface area contributed by atoms with Gasteiger partial charge in [-0.1, -0.05) is 30.3 Å². The number of nitrogens with zero attached hydrogens (tertiary/aromatic N) is 1. The fourth-order valence-corrected chi connectivity index (χ4v) is 3.40. The molecule has 1 aliphatic rings. The van der Waals surface area contributed by atoms with Crippen molar-refractivity contribution in [1.82, 2.24) is 10.2 Å². The van der Waals surface area contributed by atoms with Crippen LogP contribution in [0.25, 0.3) is 0 Å². The van der Waals surface area contributed by atoms with Crippen LogP contribution in [0.5, 0.6) is 0 Å². The van der Waals surface area contributed by atoms with E-state index in [4.69, 9.17) is 15.6 Å². The number of hydrogen-bond acceptors (Lipinski definition) is 6. The second kappa shape index (κ2) is 10.8. The third kappa shape index (κ3) is 6.75. The number of anilines is 1. The largest absolute Gasteiger partial charge is 0.428 e. The van der Waals surface area contributed by atoms with Gasteiger partial charge in [0.25, 0.3) is 5.91 Å². The van der Waals surface area contributed by atoms with Crippen molar-refractivity contribution in [2.75, 3.05) is 25.1 Å². The Morgan fingerprint density at radius 3 is 2.45 bits per heavy atom. The third-order valence-corrected chi connectivity index (χ3v) is 5.13. The van der Waals surface area contributed by atoms with E-state index >= 15 is 0 Å². The molecule has 178 valence electrons. The number of rotatable bonds is 7. The molecule has 0 saturated carbocycles. The van der Waals surface area contributed by atoms with Gasteiger partial charge in [-0.05, 0) is 29.8 Å². The summed E-state index contributed by atoms with van der Waals surface area (Å²) in [5.74, 6) is -0.525. The van der Waals surface area contributed by atoms with Crippen LogP contribution in [0.1, 0.15) is 28.5 Å². The van der Waals surface area contributed by atoms with Gasteiger partial charge in [-0.3, -0.25) is 14.9 Å². The van der Waals surface area contributed by atoms with Gasteiger partial charge >= 0.3 is 6.18 Å². The highest BCUT2D eigenvalue weighted by Crippen LogP contribution is 2.21. The van der Waals surface area contributed by atoms with Crippen LogP contribution in [-0.4, -0.2) is 60.0 Å². The first-order chi connectivity index (χ1) is 15.6. The van der Waals surface area contributed by atoms with Gasteiger partial charge in [0, 0.05) is 24.2 Å². The minimum Gasteiger partial charge on any atom is -0.377 e.